The van der Waals surface area contributed by atoms with E-state index < -0.39 is 0 Å². The number of halogens is 1. The van der Waals surface area contributed by atoms with Crippen LogP contribution in [0.2, 0.25) is 0 Å². The first-order valence-corrected chi connectivity index (χ1v) is 7.08. The van der Waals surface area contributed by atoms with Crippen molar-refractivity contribution < 1.29 is 4.74 Å². The molecule has 5 heteroatoms. The van der Waals surface area contributed by atoms with Gasteiger partial charge in [-0.25, -0.2) is 0 Å². The number of para-hydroxylation sites is 1. The van der Waals surface area contributed by atoms with Crippen molar-refractivity contribution in [2.24, 2.45) is 0 Å². The molecule has 0 spiro atoms. The van der Waals surface area contributed by atoms with Gasteiger partial charge in [0.2, 0.25) is 0 Å². The van der Waals surface area contributed by atoms with Crippen molar-refractivity contribution in [1.29, 1.82) is 0 Å². The first kappa shape index (κ1) is 12.6. The molecule has 0 bridgehead atoms. The molecule has 2 heterocycles. The van der Waals surface area contributed by atoms with Crippen LogP contribution >= 0.6 is 11.6 Å². The van der Waals surface area contributed by atoms with Crippen LogP contribution in [0.3, 0.4) is 0 Å². The summed E-state index contributed by atoms with van der Waals surface area (Å²) in [5, 5.41) is 8.45. The molecule has 1 saturated heterocycles. The van der Waals surface area contributed by atoms with Gasteiger partial charge in [0.1, 0.15) is 5.82 Å². The molecule has 0 amide bonds. The maximum Gasteiger partial charge on any atom is 0.152 e. The molecule has 4 nitrogen and oxygen atoms in total. The molecule has 0 aliphatic carbocycles. The van der Waals surface area contributed by atoms with Gasteiger partial charge in [-0.05, 0) is 25.0 Å². The summed E-state index contributed by atoms with van der Waals surface area (Å²) in [6.07, 6.45) is 3.28. The van der Waals surface area contributed by atoms with Gasteiger partial charge < -0.3 is 4.74 Å². The minimum absolute atomic E-state index is 0.259. The molecule has 1 aliphatic heterocycles. The summed E-state index contributed by atoms with van der Waals surface area (Å²) < 4.78 is 7.71. The van der Waals surface area contributed by atoms with E-state index in [2.05, 4.69) is 10.2 Å². The van der Waals surface area contributed by atoms with Crippen LogP contribution in [0.15, 0.2) is 30.3 Å². The van der Waals surface area contributed by atoms with Gasteiger partial charge in [0, 0.05) is 18.7 Å². The van der Waals surface area contributed by atoms with Gasteiger partial charge in [-0.1, -0.05) is 18.2 Å². The highest BCUT2D eigenvalue weighted by molar-refractivity contribution is 6.16. The van der Waals surface area contributed by atoms with Gasteiger partial charge in [0.05, 0.1) is 12.0 Å². The standard InChI is InChI=1S/C14H16ClN3O/c15-10-14-17-16-13(9-12-7-4-8-19-12)18(14)11-5-2-1-3-6-11/h1-3,5-6,12H,4,7-10H2. The molecular weight excluding hydrogens is 262 g/mol. The highest BCUT2D eigenvalue weighted by atomic mass is 35.5. The summed E-state index contributed by atoms with van der Waals surface area (Å²) in [7, 11) is 0. The number of benzene rings is 1. The van der Waals surface area contributed by atoms with E-state index in [4.69, 9.17) is 16.3 Å². The lowest BCUT2D eigenvalue weighted by Gasteiger charge is -2.12. The molecule has 0 radical (unpaired) electrons. The number of rotatable bonds is 4. The third-order valence-electron chi connectivity index (χ3n) is 3.37. The molecule has 1 aliphatic rings. The molecule has 1 fully saturated rings. The average molecular weight is 278 g/mol. The Bertz CT molecular complexity index is 535. The normalized spacial score (nSPS) is 18.9. The smallest absolute Gasteiger partial charge is 0.152 e. The predicted molar refractivity (Wildman–Crippen MR) is 73.6 cm³/mol. The number of nitrogens with zero attached hydrogens (tertiary/aromatic N) is 3. The van der Waals surface area contributed by atoms with E-state index in [1.807, 2.05) is 34.9 Å². The van der Waals surface area contributed by atoms with E-state index in [0.29, 0.717) is 5.88 Å². The predicted octanol–water partition coefficient (Wildman–Crippen LogP) is 2.73. The van der Waals surface area contributed by atoms with E-state index in [1.54, 1.807) is 0 Å². The molecule has 100 valence electrons. The summed E-state index contributed by atoms with van der Waals surface area (Å²) in [5.74, 6) is 2.06. The summed E-state index contributed by atoms with van der Waals surface area (Å²) in [4.78, 5) is 0. The van der Waals surface area contributed by atoms with Crippen LogP contribution in [0.25, 0.3) is 5.69 Å². The van der Waals surface area contributed by atoms with Crippen molar-refractivity contribution in [1.82, 2.24) is 14.8 Å². The van der Waals surface area contributed by atoms with Crippen LogP contribution in [0.1, 0.15) is 24.5 Å². The second-order valence-corrected chi connectivity index (χ2v) is 4.94. The van der Waals surface area contributed by atoms with Gasteiger partial charge in [-0.15, -0.1) is 21.8 Å². The van der Waals surface area contributed by atoms with Gasteiger partial charge in [0.15, 0.2) is 5.82 Å². The van der Waals surface area contributed by atoms with Gasteiger partial charge >= 0.3 is 0 Å². The van der Waals surface area contributed by atoms with E-state index in [-0.39, 0.29) is 6.10 Å². The molecule has 1 unspecified atom stereocenters. The summed E-state index contributed by atoms with van der Waals surface area (Å²) in [6.45, 7) is 0.854. The zero-order valence-electron chi connectivity index (χ0n) is 10.6. The Morgan fingerprint density at radius 1 is 1.21 bits per heavy atom. The van der Waals surface area contributed by atoms with Crippen molar-refractivity contribution in [2.75, 3.05) is 6.61 Å². The van der Waals surface area contributed by atoms with E-state index >= 15 is 0 Å². The van der Waals surface area contributed by atoms with Crippen molar-refractivity contribution >= 4 is 11.6 Å². The Hall–Kier alpha value is -1.39. The molecule has 3 rings (SSSR count). The topological polar surface area (TPSA) is 39.9 Å². The summed E-state index contributed by atoms with van der Waals surface area (Å²) in [6, 6.07) is 10.1. The average Bonchev–Trinajstić information content (AvgIpc) is 3.09. The minimum Gasteiger partial charge on any atom is -0.378 e. The van der Waals surface area contributed by atoms with E-state index in [0.717, 1.165) is 43.2 Å². The largest absolute Gasteiger partial charge is 0.378 e. The number of aromatic nitrogens is 3. The van der Waals surface area contributed by atoms with Gasteiger partial charge in [-0.3, -0.25) is 4.57 Å². The molecule has 1 aromatic carbocycles. The Labute approximate surface area is 117 Å². The van der Waals surface area contributed by atoms with Crippen molar-refractivity contribution in [3.63, 3.8) is 0 Å². The minimum atomic E-state index is 0.259. The lowest BCUT2D eigenvalue weighted by molar-refractivity contribution is 0.109. The molecular formula is C14H16ClN3O. The maximum atomic E-state index is 5.96. The van der Waals surface area contributed by atoms with Crippen molar-refractivity contribution in [3.8, 4) is 5.69 Å². The van der Waals surface area contributed by atoms with E-state index in [1.165, 1.54) is 0 Å². The molecule has 1 atom stereocenters. The molecule has 1 aromatic heterocycles. The number of alkyl halides is 1. The number of ether oxygens (including phenoxy) is 1. The highest BCUT2D eigenvalue weighted by Gasteiger charge is 2.21. The third kappa shape index (κ3) is 2.65. The highest BCUT2D eigenvalue weighted by Crippen LogP contribution is 2.20. The monoisotopic (exact) mass is 277 g/mol. The van der Waals surface area contributed by atoms with Gasteiger partial charge in [-0.2, -0.15) is 0 Å². The maximum absolute atomic E-state index is 5.96. The van der Waals surface area contributed by atoms with Crippen molar-refractivity contribution in [2.45, 2.75) is 31.2 Å². The first-order valence-electron chi connectivity index (χ1n) is 6.54. The lowest BCUT2D eigenvalue weighted by atomic mass is 10.1. The Morgan fingerprint density at radius 3 is 2.68 bits per heavy atom. The van der Waals surface area contributed by atoms with Crippen LogP contribution in [0.4, 0.5) is 0 Å². The zero-order chi connectivity index (χ0) is 13.1. The van der Waals surface area contributed by atoms with Crippen LogP contribution in [0.5, 0.6) is 0 Å². The molecule has 2 aromatic rings. The second kappa shape index (κ2) is 5.72. The molecule has 0 N–H and O–H groups in total. The zero-order valence-corrected chi connectivity index (χ0v) is 11.4. The number of hydrogen-bond acceptors (Lipinski definition) is 3. The van der Waals surface area contributed by atoms with Crippen LogP contribution in [-0.2, 0) is 17.0 Å². The Kier molecular flexibility index (Phi) is 3.80. The summed E-state index contributed by atoms with van der Waals surface area (Å²) >= 11 is 5.96. The molecule has 0 saturated carbocycles. The fraction of sp³-hybridized carbons (Fsp3) is 0.429. The fourth-order valence-corrected chi connectivity index (χ4v) is 2.63. The quantitative estimate of drug-likeness (QED) is 0.807. The first-order chi connectivity index (χ1) is 9.38. The lowest BCUT2D eigenvalue weighted by Crippen LogP contribution is -2.14. The Balaban J connectivity index is 1.93. The third-order valence-corrected chi connectivity index (χ3v) is 3.60. The summed E-state index contributed by atoms with van der Waals surface area (Å²) in [5.41, 5.74) is 1.05. The van der Waals surface area contributed by atoms with Crippen LogP contribution in [0, 0.1) is 0 Å². The Morgan fingerprint density at radius 2 is 2.00 bits per heavy atom. The van der Waals surface area contributed by atoms with Gasteiger partial charge in [0.25, 0.3) is 0 Å². The fourth-order valence-electron chi connectivity index (χ4n) is 2.46. The second-order valence-electron chi connectivity index (χ2n) is 4.68. The van der Waals surface area contributed by atoms with E-state index in [9.17, 15) is 0 Å². The van der Waals surface area contributed by atoms with Crippen molar-refractivity contribution in [3.05, 3.63) is 42.0 Å². The molecule has 19 heavy (non-hydrogen) atoms. The SMILES string of the molecule is ClCc1nnc(CC2CCCO2)n1-c1ccccc1. The van der Waals surface area contributed by atoms with Crippen LogP contribution in [-0.4, -0.2) is 27.5 Å². The number of hydrogen-bond donors (Lipinski definition) is 0. The van der Waals surface area contributed by atoms with Crippen LogP contribution < -0.4 is 0 Å².